The molecule has 1 amide bonds. The number of benzene rings is 1. The molecule has 2 saturated heterocycles. The molecule has 148 valence electrons. The summed E-state index contributed by atoms with van der Waals surface area (Å²) in [5.74, 6) is 0.223. The van der Waals surface area contributed by atoms with Crippen LogP contribution in [0.2, 0.25) is 0 Å². The van der Waals surface area contributed by atoms with E-state index in [0.29, 0.717) is 25.5 Å². The number of pyridine rings is 1. The molecule has 7 heteroatoms. The van der Waals surface area contributed by atoms with Gasteiger partial charge in [-0.25, -0.2) is 4.98 Å². The zero-order chi connectivity index (χ0) is 19.4. The number of hydrogen-bond donors (Lipinski definition) is 1. The van der Waals surface area contributed by atoms with E-state index in [1.807, 2.05) is 30.3 Å². The number of rotatable bonds is 5. The Labute approximate surface area is 164 Å². The van der Waals surface area contributed by atoms with Gasteiger partial charge in [0.1, 0.15) is 11.4 Å². The van der Waals surface area contributed by atoms with E-state index in [-0.39, 0.29) is 11.7 Å². The highest BCUT2D eigenvalue weighted by atomic mass is 16.7. The summed E-state index contributed by atoms with van der Waals surface area (Å²) >= 11 is 0. The molecule has 0 aliphatic carbocycles. The van der Waals surface area contributed by atoms with Crippen LogP contribution >= 0.6 is 0 Å². The molecule has 0 bridgehead atoms. The van der Waals surface area contributed by atoms with Gasteiger partial charge >= 0.3 is 0 Å². The Morgan fingerprint density at radius 1 is 1.14 bits per heavy atom. The molecule has 0 unspecified atom stereocenters. The van der Waals surface area contributed by atoms with E-state index >= 15 is 0 Å². The van der Waals surface area contributed by atoms with Crippen molar-refractivity contribution < 1.29 is 19.0 Å². The monoisotopic (exact) mass is 383 g/mol. The number of amides is 1. The van der Waals surface area contributed by atoms with Gasteiger partial charge in [0, 0.05) is 32.5 Å². The molecular weight excluding hydrogens is 358 g/mol. The molecule has 1 N–H and O–H groups in total. The molecule has 1 spiro atoms. The molecular formula is C21H25N3O4. The van der Waals surface area contributed by atoms with Gasteiger partial charge < -0.3 is 24.4 Å². The highest BCUT2D eigenvalue weighted by Crippen LogP contribution is 2.32. The molecule has 0 radical (unpaired) electrons. The number of nitrogens with one attached hydrogen (secondary N) is 1. The molecule has 1 aromatic carbocycles. The van der Waals surface area contributed by atoms with Crippen LogP contribution in [0, 0.1) is 0 Å². The molecule has 2 fully saturated rings. The lowest BCUT2D eigenvalue weighted by atomic mass is 10.0. The first-order chi connectivity index (χ1) is 13.7. The predicted octanol–water partition coefficient (Wildman–Crippen LogP) is 2.36. The van der Waals surface area contributed by atoms with Gasteiger partial charge in [0.05, 0.1) is 32.2 Å². The van der Waals surface area contributed by atoms with Gasteiger partial charge in [-0.2, -0.15) is 0 Å². The van der Waals surface area contributed by atoms with Crippen molar-refractivity contribution in [3.8, 4) is 5.75 Å². The summed E-state index contributed by atoms with van der Waals surface area (Å²) in [5, 5.41) is 2.90. The van der Waals surface area contributed by atoms with Crippen LogP contribution in [0.3, 0.4) is 0 Å². The third-order valence-electron chi connectivity index (χ3n) is 5.30. The van der Waals surface area contributed by atoms with Crippen LogP contribution in [0.25, 0.3) is 0 Å². The normalized spacial score (nSPS) is 18.2. The van der Waals surface area contributed by atoms with Crippen molar-refractivity contribution >= 4 is 11.6 Å². The van der Waals surface area contributed by atoms with Crippen LogP contribution in [-0.2, 0) is 16.0 Å². The lowest BCUT2D eigenvalue weighted by Crippen LogP contribution is -2.45. The number of ether oxygens (including phenoxy) is 3. The van der Waals surface area contributed by atoms with Crippen LogP contribution < -0.4 is 15.0 Å². The fourth-order valence-corrected chi connectivity index (χ4v) is 3.62. The number of carbonyl (C=O) groups excluding carboxylic acids is 1. The van der Waals surface area contributed by atoms with Crippen LogP contribution in [0.15, 0.2) is 42.6 Å². The predicted molar refractivity (Wildman–Crippen MR) is 104 cm³/mol. The number of methoxy groups -OCH3 is 1. The maximum Gasteiger partial charge on any atom is 0.270 e. The summed E-state index contributed by atoms with van der Waals surface area (Å²) < 4.78 is 16.7. The van der Waals surface area contributed by atoms with Gasteiger partial charge in [-0.3, -0.25) is 4.79 Å². The molecule has 2 aliphatic rings. The van der Waals surface area contributed by atoms with Crippen molar-refractivity contribution in [3.63, 3.8) is 0 Å². The second kappa shape index (κ2) is 8.16. The van der Waals surface area contributed by atoms with Crippen LogP contribution in [-0.4, -0.2) is 50.1 Å². The Bertz CT molecular complexity index is 791. The number of anilines is 1. The van der Waals surface area contributed by atoms with Gasteiger partial charge in [-0.1, -0.05) is 12.1 Å². The Morgan fingerprint density at radius 2 is 1.86 bits per heavy atom. The fraction of sp³-hybridized carbons (Fsp3) is 0.429. The standard InChI is InChI=1S/C21H25N3O4/c1-26-18-5-2-16(3-6-18)14-23-20(25)19-7-4-17(15-22-19)24-10-8-21(9-11-24)27-12-13-28-21/h2-7,15H,8-14H2,1H3,(H,23,25). The molecule has 0 saturated carbocycles. The van der Waals surface area contributed by atoms with E-state index in [4.69, 9.17) is 14.2 Å². The highest BCUT2D eigenvalue weighted by Gasteiger charge is 2.39. The first-order valence-corrected chi connectivity index (χ1v) is 9.57. The first-order valence-electron chi connectivity index (χ1n) is 9.57. The molecule has 7 nitrogen and oxygen atoms in total. The summed E-state index contributed by atoms with van der Waals surface area (Å²) in [7, 11) is 1.63. The number of carbonyl (C=O) groups is 1. The summed E-state index contributed by atoms with van der Waals surface area (Å²) in [6, 6.07) is 11.3. The zero-order valence-corrected chi connectivity index (χ0v) is 16.0. The zero-order valence-electron chi connectivity index (χ0n) is 16.0. The van der Waals surface area contributed by atoms with Crippen molar-refractivity contribution in [2.75, 3.05) is 38.3 Å². The highest BCUT2D eigenvalue weighted by molar-refractivity contribution is 5.92. The van der Waals surface area contributed by atoms with Gasteiger partial charge in [0.25, 0.3) is 5.91 Å². The second-order valence-corrected chi connectivity index (χ2v) is 7.03. The lowest BCUT2D eigenvalue weighted by molar-refractivity contribution is -0.169. The number of piperidine rings is 1. The number of hydrogen-bond acceptors (Lipinski definition) is 6. The molecule has 1 aromatic heterocycles. The van der Waals surface area contributed by atoms with Gasteiger partial charge in [-0.15, -0.1) is 0 Å². The smallest absolute Gasteiger partial charge is 0.270 e. The summed E-state index contributed by atoms with van der Waals surface area (Å²) in [6.07, 6.45) is 3.45. The summed E-state index contributed by atoms with van der Waals surface area (Å²) in [4.78, 5) is 19.0. The van der Waals surface area contributed by atoms with E-state index in [0.717, 1.165) is 42.9 Å². The Balaban J connectivity index is 1.30. The Hall–Kier alpha value is -2.64. The maximum atomic E-state index is 12.4. The van der Waals surface area contributed by atoms with E-state index in [1.165, 1.54) is 0 Å². The SMILES string of the molecule is COc1ccc(CNC(=O)c2ccc(N3CCC4(CC3)OCCO4)cn2)cc1. The average Bonchev–Trinajstić information content (AvgIpc) is 3.21. The molecule has 3 heterocycles. The van der Waals surface area contributed by atoms with Crippen molar-refractivity contribution in [1.82, 2.24) is 10.3 Å². The quantitative estimate of drug-likeness (QED) is 0.855. The molecule has 2 aliphatic heterocycles. The van der Waals surface area contributed by atoms with Gasteiger partial charge in [0.15, 0.2) is 5.79 Å². The van der Waals surface area contributed by atoms with Crippen LogP contribution in [0.4, 0.5) is 5.69 Å². The molecule has 2 aromatic rings. The fourth-order valence-electron chi connectivity index (χ4n) is 3.62. The minimum absolute atomic E-state index is 0.187. The molecule has 28 heavy (non-hydrogen) atoms. The van der Waals surface area contributed by atoms with Gasteiger partial charge in [-0.05, 0) is 29.8 Å². The lowest BCUT2D eigenvalue weighted by Gasteiger charge is -2.38. The molecule has 0 atom stereocenters. The first kappa shape index (κ1) is 18.7. The average molecular weight is 383 g/mol. The van der Waals surface area contributed by atoms with E-state index in [9.17, 15) is 4.79 Å². The third kappa shape index (κ3) is 4.10. The Morgan fingerprint density at radius 3 is 2.46 bits per heavy atom. The van der Waals surface area contributed by atoms with E-state index < -0.39 is 0 Å². The van der Waals surface area contributed by atoms with E-state index in [2.05, 4.69) is 15.2 Å². The summed E-state index contributed by atoms with van der Waals surface area (Å²) in [5.41, 5.74) is 2.43. The van der Waals surface area contributed by atoms with Crippen molar-refractivity contribution in [1.29, 1.82) is 0 Å². The largest absolute Gasteiger partial charge is 0.497 e. The second-order valence-electron chi connectivity index (χ2n) is 7.03. The maximum absolute atomic E-state index is 12.4. The minimum Gasteiger partial charge on any atom is -0.497 e. The number of nitrogens with zero attached hydrogens (tertiary/aromatic N) is 2. The minimum atomic E-state index is -0.384. The van der Waals surface area contributed by atoms with Crippen molar-refractivity contribution in [2.24, 2.45) is 0 Å². The van der Waals surface area contributed by atoms with Crippen molar-refractivity contribution in [3.05, 3.63) is 53.9 Å². The topological polar surface area (TPSA) is 72.9 Å². The molecule has 4 rings (SSSR count). The van der Waals surface area contributed by atoms with E-state index in [1.54, 1.807) is 19.4 Å². The van der Waals surface area contributed by atoms with Crippen LogP contribution in [0.1, 0.15) is 28.9 Å². The Kier molecular flexibility index (Phi) is 5.45. The number of aromatic nitrogens is 1. The van der Waals surface area contributed by atoms with Crippen LogP contribution in [0.5, 0.6) is 5.75 Å². The van der Waals surface area contributed by atoms with Crippen molar-refractivity contribution in [2.45, 2.75) is 25.2 Å². The summed E-state index contributed by atoms with van der Waals surface area (Å²) in [6.45, 7) is 3.51. The van der Waals surface area contributed by atoms with Gasteiger partial charge in [0.2, 0.25) is 0 Å². The third-order valence-corrected chi connectivity index (χ3v) is 5.30.